The molecule has 124 valence electrons. The minimum atomic E-state index is -0.318. The third-order valence-corrected chi connectivity index (χ3v) is 4.26. The molecule has 0 aliphatic carbocycles. The second kappa shape index (κ2) is 6.71. The van der Waals surface area contributed by atoms with Crippen molar-refractivity contribution in [1.29, 1.82) is 0 Å². The largest absolute Gasteiger partial charge is 0.462 e. The minimum Gasteiger partial charge on any atom is -0.462 e. The number of ether oxygens (including phenoxy) is 1. The minimum absolute atomic E-state index is 0.204. The third-order valence-electron chi connectivity index (χ3n) is 3.57. The molecule has 0 atom stereocenters. The smallest absolute Gasteiger partial charge is 0.293 e. The van der Waals surface area contributed by atoms with E-state index >= 15 is 0 Å². The lowest BCUT2D eigenvalue weighted by Gasteiger charge is -2.16. The van der Waals surface area contributed by atoms with E-state index in [9.17, 15) is 4.79 Å². The van der Waals surface area contributed by atoms with E-state index in [0.717, 1.165) is 12.2 Å². The zero-order valence-electron chi connectivity index (χ0n) is 14.3. The first kappa shape index (κ1) is 17.5. The molecule has 1 aliphatic heterocycles. The number of nitrogens with one attached hydrogen (secondary N) is 1. The van der Waals surface area contributed by atoms with E-state index in [2.05, 4.69) is 51.8 Å². The fourth-order valence-electron chi connectivity index (χ4n) is 2.26. The Balaban J connectivity index is 0.000000236. The van der Waals surface area contributed by atoms with Gasteiger partial charge in [-0.15, -0.1) is 0 Å². The highest BCUT2D eigenvalue weighted by Crippen LogP contribution is 2.37. The van der Waals surface area contributed by atoms with Gasteiger partial charge in [-0.3, -0.25) is 9.78 Å². The van der Waals surface area contributed by atoms with Crippen molar-refractivity contribution in [3.8, 4) is 11.3 Å². The molecule has 3 rings (SSSR count). The van der Waals surface area contributed by atoms with Crippen molar-refractivity contribution in [2.75, 3.05) is 11.9 Å². The molecule has 0 fully saturated rings. The van der Waals surface area contributed by atoms with E-state index in [1.165, 1.54) is 16.8 Å². The van der Waals surface area contributed by atoms with Gasteiger partial charge >= 0.3 is 0 Å². The first-order valence-electron chi connectivity index (χ1n) is 7.61. The van der Waals surface area contributed by atoms with Crippen LogP contribution in [0.4, 0.5) is 5.69 Å². The quantitative estimate of drug-likeness (QED) is 0.824. The average Bonchev–Trinajstić information content (AvgIpc) is 3.07. The molecule has 0 radical (unpaired) electrons. The fraction of sp³-hybridized carbons (Fsp3) is 0.444. The number of thiophene rings is 1. The molecule has 2 aromatic rings. The number of carbonyl (C=O) groups is 1. The van der Waals surface area contributed by atoms with Gasteiger partial charge in [-0.1, -0.05) is 13.8 Å². The topological polar surface area (TPSA) is 51.2 Å². The van der Waals surface area contributed by atoms with E-state index in [1.54, 1.807) is 11.3 Å². The van der Waals surface area contributed by atoms with Gasteiger partial charge in [0.15, 0.2) is 0 Å². The van der Waals surface area contributed by atoms with Crippen LogP contribution in [-0.2, 0) is 14.9 Å². The van der Waals surface area contributed by atoms with Gasteiger partial charge in [-0.2, -0.15) is 11.3 Å². The van der Waals surface area contributed by atoms with Gasteiger partial charge in [0.1, 0.15) is 5.60 Å². The van der Waals surface area contributed by atoms with Crippen molar-refractivity contribution in [3.63, 3.8) is 0 Å². The Bertz CT molecular complexity index is 658. The molecule has 5 heteroatoms. The van der Waals surface area contributed by atoms with Crippen LogP contribution in [0.15, 0.2) is 29.1 Å². The molecule has 0 saturated carbocycles. The van der Waals surface area contributed by atoms with E-state index < -0.39 is 0 Å². The second-order valence-electron chi connectivity index (χ2n) is 7.19. The van der Waals surface area contributed by atoms with Crippen LogP contribution in [0.3, 0.4) is 0 Å². The van der Waals surface area contributed by atoms with E-state index in [1.807, 2.05) is 27.0 Å². The fourth-order valence-corrected chi connectivity index (χ4v) is 2.91. The molecule has 3 heterocycles. The predicted octanol–water partition coefficient (Wildman–Crippen LogP) is 4.47. The summed E-state index contributed by atoms with van der Waals surface area (Å²) in [7, 11) is 0. The first-order chi connectivity index (χ1) is 10.7. The SMILES string of the molecule is CC(C)(C)OC=O.CC1(C)CNc2cc(-c3ccsc3)ncc21. The lowest BCUT2D eigenvalue weighted by molar-refractivity contribution is -0.138. The molecule has 0 saturated heterocycles. The van der Waals surface area contributed by atoms with Gasteiger partial charge in [0.25, 0.3) is 6.47 Å². The van der Waals surface area contributed by atoms with Crippen LogP contribution >= 0.6 is 11.3 Å². The Labute approximate surface area is 141 Å². The number of fused-ring (bicyclic) bond motifs is 1. The summed E-state index contributed by atoms with van der Waals surface area (Å²) in [4.78, 5) is 14.2. The lowest BCUT2D eigenvalue weighted by Crippen LogP contribution is -2.18. The molecule has 23 heavy (non-hydrogen) atoms. The number of hydrogen-bond acceptors (Lipinski definition) is 5. The van der Waals surface area contributed by atoms with Gasteiger partial charge in [0.05, 0.1) is 5.69 Å². The molecular formula is C18H24N2O2S. The number of pyridine rings is 1. The number of rotatable bonds is 2. The van der Waals surface area contributed by atoms with Crippen LogP contribution in [-0.4, -0.2) is 23.6 Å². The maximum atomic E-state index is 9.60. The number of aromatic nitrogens is 1. The summed E-state index contributed by atoms with van der Waals surface area (Å²) >= 11 is 1.71. The van der Waals surface area contributed by atoms with Crippen molar-refractivity contribution < 1.29 is 9.53 Å². The molecule has 0 amide bonds. The van der Waals surface area contributed by atoms with Gasteiger partial charge in [0, 0.05) is 40.4 Å². The van der Waals surface area contributed by atoms with Crippen molar-refractivity contribution in [2.24, 2.45) is 0 Å². The maximum Gasteiger partial charge on any atom is 0.293 e. The number of anilines is 1. The van der Waals surface area contributed by atoms with Crippen LogP contribution in [0.1, 0.15) is 40.2 Å². The number of nitrogens with zero attached hydrogens (tertiary/aromatic N) is 1. The van der Waals surface area contributed by atoms with Gasteiger partial charge in [0.2, 0.25) is 0 Å². The Morgan fingerprint density at radius 2 is 2.13 bits per heavy atom. The van der Waals surface area contributed by atoms with Gasteiger partial charge < -0.3 is 10.1 Å². The lowest BCUT2D eigenvalue weighted by atomic mass is 9.88. The Morgan fingerprint density at radius 1 is 1.39 bits per heavy atom. The molecule has 0 spiro atoms. The Kier molecular flexibility index (Phi) is 5.09. The van der Waals surface area contributed by atoms with Crippen LogP contribution in [0, 0.1) is 0 Å². The summed E-state index contributed by atoms with van der Waals surface area (Å²) in [6, 6.07) is 4.27. The summed E-state index contributed by atoms with van der Waals surface area (Å²) in [5.74, 6) is 0. The molecular weight excluding hydrogens is 308 g/mol. The van der Waals surface area contributed by atoms with Crippen LogP contribution in [0.2, 0.25) is 0 Å². The van der Waals surface area contributed by atoms with E-state index in [4.69, 9.17) is 0 Å². The third kappa shape index (κ3) is 4.55. The molecule has 0 aromatic carbocycles. The Hall–Kier alpha value is -1.88. The normalized spacial score (nSPS) is 15.0. The highest BCUT2D eigenvalue weighted by Gasteiger charge is 2.30. The zero-order valence-corrected chi connectivity index (χ0v) is 15.2. The summed E-state index contributed by atoms with van der Waals surface area (Å²) < 4.78 is 4.55. The summed E-state index contributed by atoms with van der Waals surface area (Å²) in [6.07, 6.45) is 2.02. The molecule has 0 bridgehead atoms. The molecule has 4 nitrogen and oxygen atoms in total. The molecule has 2 aromatic heterocycles. The van der Waals surface area contributed by atoms with Crippen molar-refractivity contribution >= 4 is 23.5 Å². The van der Waals surface area contributed by atoms with Crippen molar-refractivity contribution in [2.45, 2.75) is 45.6 Å². The van der Waals surface area contributed by atoms with E-state index in [-0.39, 0.29) is 11.0 Å². The number of hydrogen-bond donors (Lipinski definition) is 1. The van der Waals surface area contributed by atoms with E-state index in [0.29, 0.717) is 6.47 Å². The van der Waals surface area contributed by atoms with Crippen LogP contribution in [0.5, 0.6) is 0 Å². The van der Waals surface area contributed by atoms with Crippen LogP contribution < -0.4 is 5.32 Å². The van der Waals surface area contributed by atoms with Crippen molar-refractivity contribution in [3.05, 3.63) is 34.7 Å². The highest BCUT2D eigenvalue weighted by atomic mass is 32.1. The monoisotopic (exact) mass is 332 g/mol. The zero-order chi connectivity index (χ0) is 17.1. The number of carbonyl (C=O) groups excluding carboxylic acids is 1. The standard InChI is InChI=1S/C13H14N2S.C5H10O2/c1-13(2)8-15-12-5-11(14-6-10(12)13)9-3-4-16-7-9;1-5(2,3)7-4-6/h3-7,15H,8H2,1-2H3;4H,1-3H3. The summed E-state index contributed by atoms with van der Waals surface area (Å²) in [5, 5.41) is 7.67. The van der Waals surface area contributed by atoms with Crippen LogP contribution in [0.25, 0.3) is 11.3 Å². The summed E-state index contributed by atoms with van der Waals surface area (Å²) in [6.45, 7) is 11.4. The van der Waals surface area contributed by atoms with Gasteiger partial charge in [-0.05, 0) is 38.3 Å². The van der Waals surface area contributed by atoms with Crippen molar-refractivity contribution in [1.82, 2.24) is 4.98 Å². The Morgan fingerprint density at radius 3 is 2.65 bits per heavy atom. The second-order valence-corrected chi connectivity index (χ2v) is 7.97. The van der Waals surface area contributed by atoms with Gasteiger partial charge in [-0.25, -0.2) is 0 Å². The maximum absolute atomic E-state index is 9.60. The first-order valence-corrected chi connectivity index (χ1v) is 8.56. The highest BCUT2D eigenvalue weighted by molar-refractivity contribution is 7.08. The molecule has 1 aliphatic rings. The molecule has 1 N–H and O–H groups in total. The summed E-state index contributed by atoms with van der Waals surface area (Å²) in [5.41, 5.74) is 4.72. The average molecular weight is 332 g/mol. The predicted molar refractivity (Wildman–Crippen MR) is 96.0 cm³/mol. The molecule has 0 unspecified atom stereocenters.